The quantitative estimate of drug-likeness (QED) is 0.640. The van der Waals surface area contributed by atoms with Crippen molar-refractivity contribution >= 4 is 0 Å². The van der Waals surface area contributed by atoms with Gasteiger partial charge in [0.1, 0.15) is 0 Å². The fourth-order valence-electron chi connectivity index (χ4n) is 1.59. The van der Waals surface area contributed by atoms with Crippen LogP contribution in [-0.4, -0.2) is 5.54 Å². The van der Waals surface area contributed by atoms with Crippen LogP contribution in [0.25, 0.3) is 0 Å². The average Bonchev–Trinajstić information content (AvgIpc) is 1.92. The van der Waals surface area contributed by atoms with Crippen molar-refractivity contribution in [2.45, 2.75) is 78.7 Å². The fraction of sp³-hybridized carbons (Fsp3) is 1.00. The molecule has 0 aromatic rings. The van der Waals surface area contributed by atoms with Crippen LogP contribution < -0.4 is 5.73 Å². The van der Waals surface area contributed by atoms with E-state index in [0.29, 0.717) is 5.41 Å². The van der Waals surface area contributed by atoms with Crippen LogP contribution in [0.2, 0.25) is 0 Å². The molecule has 2 N–H and O–H groups in total. The van der Waals surface area contributed by atoms with Crippen LogP contribution in [0.15, 0.2) is 0 Å². The predicted molar refractivity (Wildman–Crippen MR) is 65.4 cm³/mol. The first-order valence-electron chi connectivity index (χ1n) is 6.00. The largest absolute Gasteiger partial charge is 0.326 e. The minimum atomic E-state index is 0.0318. The zero-order chi connectivity index (χ0) is 11.2. The van der Waals surface area contributed by atoms with Gasteiger partial charge in [-0.15, -0.1) is 0 Å². The lowest BCUT2D eigenvalue weighted by atomic mass is 9.89. The number of hydrogen-bond donors (Lipinski definition) is 1. The van der Waals surface area contributed by atoms with E-state index in [1.54, 1.807) is 0 Å². The maximum Gasteiger partial charge on any atom is 0.00970 e. The van der Waals surface area contributed by atoms with Gasteiger partial charge in [0.2, 0.25) is 0 Å². The highest BCUT2D eigenvalue weighted by atomic mass is 14.7. The number of rotatable bonds is 6. The number of hydrogen-bond acceptors (Lipinski definition) is 1. The highest BCUT2D eigenvalue weighted by Crippen LogP contribution is 2.22. The van der Waals surface area contributed by atoms with Gasteiger partial charge in [0.25, 0.3) is 0 Å². The molecule has 0 bridgehead atoms. The number of unbranched alkanes of at least 4 members (excludes halogenated alkanes) is 3. The minimum absolute atomic E-state index is 0.0318. The third-order valence-corrected chi connectivity index (χ3v) is 2.50. The molecule has 0 saturated heterocycles. The Morgan fingerprint density at radius 3 is 1.50 bits per heavy atom. The van der Waals surface area contributed by atoms with Gasteiger partial charge in [-0.2, -0.15) is 0 Å². The van der Waals surface area contributed by atoms with Gasteiger partial charge in [0.15, 0.2) is 0 Å². The molecule has 0 heterocycles. The molecular weight excluding hydrogens is 170 g/mol. The van der Waals surface area contributed by atoms with Gasteiger partial charge in [-0.3, -0.25) is 0 Å². The lowest BCUT2D eigenvalue weighted by Crippen LogP contribution is -2.31. The average molecular weight is 199 g/mol. The summed E-state index contributed by atoms with van der Waals surface area (Å²) in [5, 5.41) is 0. The van der Waals surface area contributed by atoms with Gasteiger partial charge in [0.05, 0.1) is 0 Å². The Morgan fingerprint density at radius 2 is 1.14 bits per heavy atom. The molecule has 0 spiro atoms. The van der Waals surface area contributed by atoms with E-state index in [0.717, 1.165) is 6.42 Å². The van der Waals surface area contributed by atoms with E-state index in [-0.39, 0.29) is 5.54 Å². The van der Waals surface area contributed by atoms with Crippen LogP contribution in [0, 0.1) is 5.41 Å². The maximum atomic E-state index is 5.92. The Morgan fingerprint density at radius 1 is 0.714 bits per heavy atom. The maximum absolute atomic E-state index is 5.92. The van der Waals surface area contributed by atoms with Crippen LogP contribution in [0.5, 0.6) is 0 Å². The molecule has 0 radical (unpaired) electrons. The Labute approximate surface area is 90.5 Å². The normalized spacial score (nSPS) is 13.3. The van der Waals surface area contributed by atoms with E-state index in [1.165, 1.54) is 32.1 Å². The van der Waals surface area contributed by atoms with E-state index in [1.807, 2.05) is 0 Å². The summed E-state index contributed by atoms with van der Waals surface area (Å²) in [5.74, 6) is 0. The standard InChI is InChI=1S/C13H29N/c1-12(2,3)10-8-6-7-9-11-13(4,5)14/h6-11,14H2,1-5H3. The summed E-state index contributed by atoms with van der Waals surface area (Å²) in [6.07, 6.45) is 7.87. The summed E-state index contributed by atoms with van der Waals surface area (Å²) in [5.41, 5.74) is 6.46. The molecule has 0 amide bonds. The Hall–Kier alpha value is -0.0400. The van der Waals surface area contributed by atoms with E-state index in [9.17, 15) is 0 Å². The van der Waals surface area contributed by atoms with E-state index >= 15 is 0 Å². The topological polar surface area (TPSA) is 26.0 Å². The van der Waals surface area contributed by atoms with Crippen molar-refractivity contribution in [2.24, 2.45) is 11.1 Å². The van der Waals surface area contributed by atoms with E-state index in [2.05, 4.69) is 34.6 Å². The van der Waals surface area contributed by atoms with Gasteiger partial charge >= 0.3 is 0 Å². The van der Waals surface area contributed by atoms with Crippen LogP contribution >= 0.6 is 0 Å². The van der Waals surface area contributed by atoms with Crippen molar-refractivity contribution in [3.63, 3.8) is 0 Å². The fourth-order valence-corrected chi connectivity index (χ4v) is 1.59. The summed E-state index contributed by atoms with van der Waals surface area (Å²) in [4.78, 5) is 0. The first-order chi connectivity index (χ1) is 6.21. The molecule has 86 valence electrons. The molecule has 0 aliphatic heterocycles. The molecule has 14 heavy (non-hydrogen) atoms. The second-order valence-electron chi connectivity index (χ2n) is 6.46. The minimum Gasteiger partial charge on any atom is -0.326 e. The molecule has 0 aromatic carbocycles. The Bertz CT molecular complexity index is 118. The summed E-state index contributed by atoms with van der Waals surface area (Å²) in [7, 11) is 0. The first kappa shape index (κ1) is 14.0. The van der Waals surface area contributed by atoms with Gasteiger partial charge in [-0.05, 0) is 32.1 Å². The Kier molecular flexibility index (Phi) is 5.73. The molecule has 0 aromatic heterocycles. The third kappa shape index (κ3) is 12.0. The summed E-state index contributed by atoms with van der Waals surface area (Å²) in [6, 6.07) is 0. The predicted octanol–water partition coefficient (Wildman–Crippen LogP) is 4.11. The first-order valence-corrected chi connectivity index (χ1v) is 6.00. The molecule has 0 aliphatic carbocycles. The molecule has 0 atom stereocenters. The SMILES string of the molecule is CC(C)(C)CCCCCCC(C)(C)N. The second kappa shape index (κ2) is 5.75. The molecule has 1 heteroatoms. The smallest absolute Gasteiger partial charge is 0.00970 e. The highest BCUT2D eigenvalue weighted by Gasteiger charge is 2.10. The van der Waals surface area contributed by atoms with Crippen LogP contribution in [0.3, 0.4) is 0 Å². The van der Waals surface area contributed by atoms with E-state index < -0.39 is 0 Å². The van der Waals surface area contributed by atoms with Crippen LogP contribution in [0.4, 0.5) is 0 Å². The molecule has 0 saturated carbocycles. The lowest BCUT2D eigenvalue weighted by molar-refractivity contribution is 0.353. The zero-order valence-electron chi connectivity index (χ0n) is 10.8. The van der Waals surface area contributed by atoms with Crippen LogP contribution in [-0.2, 0) is 0 Å². The van der Waals surface area contributed by atoms with Gasteiger partial charge in [0, 0.05) is 5.54 Å². The monoisotopic (exact) mass is 199 g/mol. The second-order valence-corrected chi connectivity index (χ2v) is 6.46. The summed E-state index contributed by atoms with van der Waals surface area (Å²) < 4.78 is 0. The molecular formula is C13H29N. The van der Waals surface area contributed by atoms with E-state index in [4.69, 9.17) is 5.73 Å². The highest BCUT2D eigenvalue weighted by molar-refractivity contribution is 4.71. The summed E-state index contributed by atoms with van der Waals surface area (Å²) >= 11 is 0. The van der Waals surface area contributed by atoms with Gasteiger partial charge < -0.3 is 5.73 Å². The number of nitrogens with two attached hydrogens (primary N) is 1. The van der Waals surface area contributed by atoms with Crippen LogP contribution in [0.1, 0.15) is 73.1 Å². The molecule has 1 nitrogen and oxygen atoms in total. The molecule has 0 rings (SSSR count). The van der Waals surface area contributed by atoms with Gasteiger partial charge in [-0.1, -0.05) is 46.5 Å². The molecule has 0 fully saturated rings. The lowest BCUT2D eigenvalue weighted by Gasteiger charge is -2.19. The molecule has 0 unspecified atom stereocenters. The zero-order valence-corrected chi connectivity index (χ0v) is 10.8. The third-order valence-electron chi connectivity index (χ3n) is 2.50. The van der Waals surface area contributed by atoms with Crippen molar-refractivity contribution in [1.82, 2.24) is 0 Å². The molecule has 0 aliphatic rings. The van der Waals surface area contributed by atoms with Gasteiger partial charge in [-0.25, -0.2) is 0 Å². The summed E-state index contributed by atoms with van der Waals surface area (Å²) in [6.45, 7) is 11.2. The van der Waals surface area contributed by atoms with Crippen molar-refractivity contribution in [1.29, 1.82) is 0 Å². The van der Waals surface area contributed by atoms with Crippen molar-refractivity contribution in [2.75, 3.05) is 0 Å². The van der Waals surface area contributed by atoms with Crippen molar-refractivity contribution < 1.29 is 0 Å². The Balaban J connectivity index is 3.23. The van der Waals surface area contributed by atoms with Crippen molar-refractivity contribution in [3.8, 4) is 0 Å². The van der Waals surface area contributed by atoms with Crippen molar-refractivity contribution in [3.05, 3.63) is 0 Å².